The highest BCUT2D eigenvalue weighted by Gasteiger charge is 2.24. The molecule has 196 valence electrons. The second-order valence-corrected chi connectivity index (χ2v) is 10.2. The zero-order valence-electron chi connectivity index (χ0n) is 21.8. The molecule has 0 amide bonds. The minimum Gasteiger partial charge on any atom is -0.478 e. The molecule has 5 heteroatoms. The number of hydrogen-bond acceptors (Lipinski definition) is 2. The van der Waals surface area contributed by atoms with Crippen LogP contribution in [0.4, 0.5) is 8.78 Å². The SMILES string of the molecule is CCc1c(F)cccc1C1=C(c2ccc(C=C3CN(CCCF)C3)cc2)c2ccc(C(=O)O)cc2CCC1. The van der Waals surface area contributed by atoms with E-state index in [1.54, 1.807) is 18.2 Å². The number of allylic oxidation sites excluding steroid dienone is 1. The number of halogens is 2. The average Bonchev–Trinajstić information content (AvgIpc) is 3.09. The van der Waals surface area contributed by atoms with Crippen LogP contribution in [0.5, 0.6) is 0 Å². The van der Waals surface area contributed by atoms with Crippen LogP contribution >= 0.6 is 0 Å². The maximum atomic E-state index is 14.9. The third kappa shape index (κ3) is 5.34. The molecule has 1 aliphatic heterocycles. The molecule has 1 fully saturated rings. The lowest BCUT2D eigenvalue weighted by Crippen LogP contribution is -2.40. The van der Waals surface area contributed by atoms with E-state index in [9.17, 15) is 18.7 Å². The maximum absolute atomic E-state index is 14.9. The molecule has 3 aromatic rings. The summed E-state index contributed by atoms with van der Waals surface area (Å²) in [6.07, 6.45) is 5.79. The molecular formula is C33H33F2NO2. The van der Waals surface area contributed by atoms with Crippen molar-refractivity contribution in [3.05, 3.63) is 111 Å². The van der Waals surface area contributed by atoms with E-state index in [0.717, 1.165) is 77.9 Å². The molecular weight excluding hydrogens is 480 g/mol. The second-order valence-electron chi connectivity index (χ2n) is 10.2. The van der Waals surface area contributed by atoms with Crippen molar-refractivity contribution < 1.29 is 18.7 Å². The molecule has 1 saturated heterocycles. The third-order valence-corrected chi connectivity index (χ3v) is 7.63. The molecule has 0 saturated carbocycles. The molecule has 0 atom stereocenters. The first-order chi connectivity index (χ1) is 18.5. The summed E-state index contributed by atoms with van der Waals surface area (Å²) in [6.45, 7) is 4.27. The van der Waals surface area contributed by atoms with Crippen molar-refractivity contribution in [2.45, 2.75) is 39.0 Å². The van der Waals surface area contributed by atoms with E-state index < -0.39 is 5.97 Å². The van der Waals surface area contributed by atoms with Gasteiger partial charge in [0.05, 0.1) is 12.2 Å². The number of carbonyl (C=O) groups is 1. The molecule has 0 radical (unpaired) electrons. The number of carboxylic acids is 1. The van der Waals surface area contributed by atoms with Gasteiger partial charge >= 0.3 is 5.97 Å². The van der Waals surface area contributed by atoms with Gasteiger partial charge in [0.2, 0.25) is 0 Å². The van der Waals surface area contributed by atoms with Gasteiger partial charge in [-0.05, 0) is 100 Å². The largest absolute Gasteiger partial charge is 0.478 e. The first kappa shape index (κ1) is 26.1. The summed E-state index contributed by atoms with van der Waals surface area (Å²) in [5.74, 6) is -1.12. The number of fused-ring (bicyclic) bond motifs is 1. The molecule has 0 unspecified atom stereocenters. The lowest BCUT2D eigenvalue weighted by atomic mass is 9.85. The van der Waals surface area contributed by atoms with E-state index in [2.05, 4.69) is 35.2 Å². The first-order valence-electron chi connectivity index (χ1n) is 13.4. The third-order valence-electron chi connectivity index (χ3n) is 7.63. The number of carboxylic acid groups (broad SMARTS) is 1. The molecule has 1 aliphatic carbocycles. The van der Waals surface area contributed by atoms with Crippen LogP contribution in [0.1, 0.15) is 69.9 Å². The molecule has 3 aromatic carbocycles. The summed E-state index contributed by atoms with van der Waals surface area (Å²) in [4.78, 5) is 13.9. The number of alkyl halides is 1. The standard InChI is InChI=1S/C33H33F2NO2/c1-2-27-29(7-4-9-31(27)35)30-8-3-6-25-19-26(33(37)38)14-15-28(25)32(30)24-12-10-22(11-13-24)18-23-20-36(21-23)17-5-16-34/h4,7,9-15,18-19H,2-3,5-6,8,16-17,20-21H2,1H3,(H,37,38). The maximum Gasteiger partial charge on any atom is 0.335 e. The summed E-state index contributed by atoms with van der Waals surface area (Å²) in [5.41, 5.74) is 9.62. The predicted molar refractivity (Wildman–Crippen MR) is 149 cm³/mol. The summed E-state index contributed by atoms with van der Waals surface area (Å²) in [5, 5.41) is 9.58. The van der Waals surface area contributed by atoms with Crippen LogP contribution in [-0.4, -0.2) is 42.3 Å². The zero-order chi connectivity index (χ0) is 26.6. The highest BCUT2D eigenvalue weighted by Crippen LogP contribution is 2.41. The van der Waals surface area contributed by atoms with E-state index in [-0.39, 0.29) is 18.1 Å². The first-order valence-corrected chi connectivity index (χ1v) is 13.4. The van der Waals surface area contributed by atoms with Crippen molar-refractivity contribution >= 4 is 23.2 Å². The van der Waals surface area contributed by atoms with Crippen molar-refractivity contribution in [1.82, 2.24) is 4.90 Å². The van der Waals surface area contributed by atoms with Gasteiger partial charge in [-0.1, -0.05) is 55.5 Å². The van der Waals surface area contributed by atoms with Gasteiger partial charge in [0.25, 0.3) is 0 Å². The Morgan fingerprint density at radius 2 is 1.82 bits per heavy atom. The van der Waals surface area contributed by atoms with Gasteiger partial charge in [0.15, 0.2) is 0 Å². The Morgan fingerprint density at radius 3 is 2.53 bits per heavy atom. The van der Waals surface area contributed by atoms with Crippen LogP contribution in [-0.2, 0) is 12.8 Å². The topological polar surface area (TPSA) is 40.5 Å². The van der Waals surface area contributed by atoms with Gasteiger partial charge in [-0.2, -0.15) is 0 Å². The number of rotatable bonds is 8. The minimum absolute atomic E-state index is 0.189. The highest BCUT2D eigenvalue weighted by atomic mass is 19.1. The predicted octanol–water partition coefficient (Wildman–Crippen LogP) is 7.44. The Hall–Kier alpha value is -3.57. The molecule has 1 N–H and O–H groups in total. The summed E-state index contributed by atoms with van der Waals surface area (Å²) in [7, 11) is 0. The Bertz CT molecular complexity index is 1400. The van der Waals surface area contributed by atoms with Crippen molar-refractivity contribution in [2.75, 3.05) is 26.3 Å². The summed E-state index contributed by atoms with van der Waals surface area (Å²) < 4.78 is 27.3. The molecule has 0 spiro atoms. The number of nitrogens with zero attached hydrogens (tertiary/aromatic N) is 1. The molecule has 1 heterocycles. The van der Waals surface area contributed by atoms with Gasteiger partial charge in [-0.15, -0.1) is 0 Å². The van der Waals surface area contributed by atoms with Crippen LogP contribution in [0.15, 0.2) is 66.2 Å². The smallest absolute Gasteiger partial charge is 0.335 e. The number of aromatic carboxylic acids is 1. The van der Waals surface area contributed by atoms with Crippen LogP contribution in [0.2, 0.25) is 0 Å². The molecule has 38 heavy (non-hydrogen) atoms. The Labute approximate surface area is 223 Å². The van der Waals surface area contributed by atoms with Crippen molar-refractivity contribution in [3.63, 3.8) is 0 Å². The molecule has 0 aromatic heterocycles. The molecule has 3 nitrogen and oxygen atoms in total. The number of benzene rings is 3. The second kappa shape index (κ2) is 11.4. The van der Waals surface area contributed by atoms with Crippen molar-refractivity contribution in [3.8, 4) is 0 Å². The fourth-order valence-corrected chi connectivity index (χ4v) is 5.76. The van der Waals surface area contributed by atoms with Crippen LogP contribution in [0.3, 0.4) is 0 Å². The number of likely N-dealkylation sites (tertiary alicyclic amines) is 1. The van der Waals surface area contributed by atoms with Gasteiger partial charge in [-0.25, -0.2) is 9.18 Å². The van der Waals surface area contributed by atoms with Gasteiger partial charge in [0.1, 0.15) is 5.82 Å². The fraction of sp³-hybridized carbons (Fsp3) is 0.303. The molecule has 0 bridgehead atoms. The average molecular weight is 514 g/mol. The lowest BCUT2D eigenvalue weighted by Gasteiger charge is -2.33. The Kier molecular flexibility index (Phi) is 7.85. The Balaban J connectivity index is 1.58. The van der Waals surface area contributed by atoms with Gasteiger partial charge < -0.3 is 5.11 Å². The zero-order valence-corrected chi connectivity index (χ0v) is 21.8. The van der Waals surface area contributed by atoms with Crippen LogP contribution < -0.4 is 0 Å². The van der Waals surface area contributed by atoms with Crippen LogP contribution in [0, 0.1) is 5.82 Å². The number of aryl methyl sites for hydroxylation is 1. The van der Waals surface area contributed by atoms with Crippen LogP contribution in [0.25, 0.3) is 17.2 Å². The Morgan fingerprint density at radius 1 is 1.03 bits per heavy atom. The minimum atomic E-state index is -0.933. The summed E-state index contributed by atoms with van der Waals surface area (Å²) >= 11 is 0. The molecule has 2 aliphatic rings. The normalized spacial score (nSPS) is 15.6. The monoisotopic (exact) mass is 513 g/mol. The van der Waals surface area contributed by atoms with E-state index in [1.165, 1.54) is 11.6 Å². The van der Waals surface area contributed by atoms with E-state index in [0.29, 0.717) is 18.4 Å². The van der Waals surface area contributed by atoms with Crippen molar-refractivity contribution in [2.24, 2.45) is 0 Å². The fourth-order valence-electron chi connectivity index (χ4n) is 5.76. The number of hydrogen-bond donors (Lipinski definition) is 1. The van der Waals surface area contributed by atoms with Gasteiger partial charge in [0, 0.05) is 19.6 Å². The summed E-state index contributed by atoms with van der Waals surface area (Å²) in [6, 6.07) is 19.1. The van der Waals surface area contributed by atoms with Crippen molar-refractivity contribution in [1.29, 1.82) is 0 Å². The van der Waals surface area contributed by atoms with Gasteiger partial charge in [-0.3, -0.25) is 9.29 Å². The highest BCUT2D eigenvalue weighted by molar-refractivity contribution is 6.01. The van der Waals surface area contributed by atoms with E-state index >= 15 is 0 Å². The lowest BCUT2D eigenvalue weighted by molar-refractivity contribution is 0.0696. The van der Waals surface area contributed by atoms with E-state index in [4.69, 9.17) is 0 Å². The van der Waals surface area contributed by atoms with E-state index in [1.807, 2.05) is 19.1 Å². The molecule has 5 rings (SSSR count). The quantitative estimate of drug-likeness (QED) is 0.340.